The fourth-order valence-corrected chi connectivity index (χ4v) is 2.00. The molecule has 0 spiro atoms. The second-order valence-electron chi connectivity index (χ2n) is 3.06. The van der Waals surface area contributed by atoms with Crippen LogP contribution in [-0.2, 0) is 11.3 Å². The zero-order chi connectivity index (χ0) is 9.42. The molecular formula is C9H9Cl2NO. The van der Waals surface area contributed by atoms with E-state index in [2.05, 4.69) is 0 Å². The largest absolute Gasteiger partial charge is 0.375 e. The molecule has 1 aliphatic rings. The molecule has 1 heterocycles. The van der Waals surface area contributed by atoms with Crippen molar-refractivity contribution in [2.45, 2.75) is 12.6 Å². The number of nitrogens with two attached hydrogens (primary N) is 1. The molecule has 1 unspecified atom stereocenters. The van der Waals surface area contributed by atoms with Crippen LogP contribution < -0.4 is 5.73 Å². The van der Waals surface area contributed by atoms with Crippen molar-refractivity contribution in [2.24, 2.45) is 5.73 Å². The van der Waals surface area contributed by atoms with Gasteiger partial charge in [-0.15, -0.1) is 0 Å². The minimum absolute atomic E-state index is 0.157. The minimum Gasteiger partial charge on any atom is -0.375 e. The molecule has 13 heavy (non-hydrogen) atoms. The van der Waals surface area contributed by atoms with Crippen molar-refractivity contribution in [2.75, 3.05) is 6.61 Å². The van der Waals surface area contributed by atoms with Crippen LogP contribution in [0, 0.1) is 0 Å². The van der Waals surface area contributed by atoms with E-state index in [0.717, 1.165) is 11.1 Å². The highest BCUT2D eigenvalue weighted by atomic mass is 35.5. The van der Waals surface area contributed by atoms with Crippen molar-refractivity contribution in [3.05, 3.63) is 33.3 Å². The summed E-state index contributed by atoms with van der Waals surface area (Å²) in [7, 11) is 0. The number of ether oxygens (including phenoxy) is 1. The van der Waals surface area contributed by atoms with Crippen LogP contribution in [0.15, 0.2) is 12.1 Å². The average molecular weight is 218 g/mol. The Morgan fingerprint density at radius 2 is 2.15 bits per heavy atom. The normalized spacial score (nSPS) is 21.3. The lowest BCUT2D eigenvalue weighted by Crippen LogP contribution is -2.24. The Labute approximate surface area is 86.6 Å². The van der Waals surface area contributed by atoms with Gasteiger partial charge >= 0.3 is 0 Å². The number of fused-ring (bicyclic) bond motifs is 1. The molecule has 4 heteroatoms. The monoisotopic (exact) mass is 217 g/mol. The van der Waals surface area contributed by atoms with E-state index >= 15 is 0 Å². The van der Waals surface area contributed by atoms with E-state index < -0.39 is 0 Å². The predicted octanol–water partition coefficient (Wildman–Crippen LogP) is 2.52. The van der Waals surface area contributed by atoms with Gasteiger partial charge in [-0.25, -0.2) is 0 Å². The van der Waals surface area contributed by atoms with E-state index in [0.29, 0.717) is 23.3 Å². The lowest BCUT2D eigenvalue weighted by Gasteiger charge is -2.23. The molecule has 1 aromatic rings. The van der Waals surface area contributed by atoms with Gasteiger partial charge in [-0.2, -0.15) is 0 Å². The van der Waals surface area contributed by atoms with Crippen LogP contribution >= 0.6 is 23.2 Å². The molecule has 2 nitrogen and oxygen atoms in total. The maximum absolute atomic E-state index is 6.04. The first-order valence-electron chi connectivity index (χ1n) is 4.00. The third-order valence-electron chi connectivity index (χ3n) is 2.15. The van der Waals surface area contributed by atoms with Gasteiger partial charge < -0.3 is 10.5 Å². The zero-order valence-corrected chi connectivity index (χ0v) is 8.40. The van der Waals surface area contributed by atoms with Crippen molar-refractivity contribution >= 4 is 23.2 Å². The van der Waals surface area contributed by atoms with E-state index in [9.17, 15) is 0 Å². The lowest BCUT2D eigenvalue weighted by atomic mass is 10.00. The molecule has 0 fully saturated rings. The first kappa shape index (κ1) is 9.28. The first-order valence-corrected chi connectivity index (χ1v) is 4.76. The Morgan fingerprint density at radius 3 is 2.92 bits per heavy atom. The van der Waals surface area contributed by atoms with Gasteiger partial charge in [0, 0.05) is 0 Å². The molecule has 0 radical (unpaired) electrons. The molecule has 1 aliphatic heterocycles. The van der Waals surface area contributed by atoms with Crippen LogP contribution in [0.25, 0.3) is 0 Å². The first-order chi connectivity index (χ1) is 6.20. The van der Waals surface area contributed by atoms with Gasteiger partial charge in [-0.3, -0.25) is 0 Å². The van der Waals surface area contributed by atoms with E-state index in [1.165, 1.54) is 0 Å². The maximum Gasteiger partial charge on any atom is 0.0721 e. The van der Waals surface area contributed by atoms with Crippen LogP contribution in [0.4, 0.5) is 0 Å². The summed E-state index contributed by atoms with van der Waals surface area (Å²) in [6.45, 7) is 1.08. The number of hydrogen-bond acceptors (Lipinski definition) is 2. The van der Waals surface area contributed by atoms with Gasteiger partial charge in [0.05, 0.1) is 29.3 Å². The molecule has 2 rings (SSSR count). The minimum atomic E-state index is -0.157. The number of hydrogen-bond donors (Lipinski definition) is 1. The smallest absolute Gasteiger partial charge is 0.0721 e. The zero-order valence-electron chi connectivity index (χ0n) is 6.89. The summed E-state index contributed by atoms with van der Waals surface area (Å²) < 4.78 is 5.28. The molecule has 0 amide bonds. The van der Waals surface area contributed by atoms with Crippen molar-refractivity contribution < 1.29 is 4.74 Å². The van der Waals surface area contributed by atoms with E-state index in [1.54, 1.807) is 6.07 Å². The molecule has 2 N–H and O–H groups in total. The van der Waals surface area contributed by atoms with Crippen LogP contribution in [0.1, 0.15) is 17.2 Å². The summed E-state index contributed by atoms with van der Waals surface area (Å²) >= 11 is 11.9. The predicted molar refractivity (Wildman–Crippen MR) is 53.0 cm³/mol. The Morgan fingerprint density at radius 1 is 1.38 bits per heavy atom. The van der Waals surface area contributed by atoms with E-state index in [1.807, 2.05) is 6.07 Å². The highest BCUT2D eigenvalue weighted by Gasteiger charge is 2.21. The van der Waals surface area contributed by atoms with Crippen LogP contribution in [0.2, 0.25) is 10.0 Å². The Bertz CT molecular complexity index is 341. The van der Waals surface area contributed by atoms with Crippen molar-refractivity contribution in [3.8, 4) is 0 Å². The molecule has 1 atom stereocenters. The maximum atomic E-state index is 6.04. The Hall–Kier alpha value is -0.280. The van der Waals surface area contributed by atoms with E-state index in [-0.39, 0.29) is 6.04 Å². The summed E-state index contributed by atoms with van der Waals surface area (Å²) in [6.07, 6.45) is 0. The molecule has 0 aromatic heterocycles. The number of halogens is 2. The number of benzene rings is 1. The van der Waals surface area contributed by atoms with Crippen molar-refractivity contribution in [3.63, 3.8) is 0 Å². The molecule has 0 saturated carbocycles. The average Bonchev–Trinajstić information content (AvgIpc) is 2.12. The molecule has 1 aromatic carbocycles. The summed E-state index contributed by atoms with van der Waals surface area (Å²) in [4.78, 5) is 0. The van der Waals surface area contributed by atoms with Crippen molar-refractivity contribution in [1.82, 2.24) is 0 Å². The Kier molecular flexibility index (Phi) is 2.47. The molecule has 70 valence electrons. The second-order valence-corrected chi connectivity index (χ2v) is 3.84. The van der Waals surface area contributed by atoms with Gasteiger partial charge in [0.25, 0.3) is 0 Å². The van der Waals surface area contributed by atoms with Gasteiger partial charge in [0.2, 0.25) is 0 Å². The van der Waals surface area contributed by atoms with Crippen LogP contribution in [0.3, 0.4) is 0 Å². The van der Waals surface area contributed by atoms with Crippen LogP contribution in [-0.4, -0.2) is 6.61 Å². The summed E-state index contributed by atoms with van der Waals surface area (Å²) in [5, 5.41) is 1.12. The third-order valence-corrected chi connectivity index (χ3v) is 2.97. The summed E-state index contributed by atoms with van der Waals surface area (Å²) in [5.74, 6) is 0. The third kappa shape index (κ3) is 1.55. The lowest BCUT2D eigenvalue weighted by molar-refractivity contribution is 0.0924. The standard InChI is InChI=1S/C9H9Cl2NO/c10-6-2-1-5-3-13-4-7(12)8(5)9(6)11/h1-2,7H,3-4,12H2. The molecular weight excluding hydrogens is 209 g/mol. The van der Waals surface area contributed by atoms with Gasteiger partial charge in [-0.05, 0) is 17.2 Å². The summed E-state index contributed by atoms with van der Waals surface area (Å²) in [5.41, 5.74) is 7.81. The highest BCUT2D eigenvalue weighted by molar-refractivity contribution is 6.42. The second kappa shape index (κ2) is 3.46. The van der Waals surface area contributed by atoms with Crippen LogP contribution in [0.5, 0.6) is 0 Å². The SMILES string of the molecule is NC1COCc2ccc(Cl)c(Cl)c21. The molecule has 0 bridgehead atoms. The van der Waals surface area contributed by atoms with Gasteiger partial charge in [-0.1, -0.05) is 29.3 Å². The van der Waals surface area contributed by atoms with Crippen molar-refractivity contribution in [1.29, 1.82) is 0 Å². The van der Waals surface area contributed by atoms with Gasteiger partial charge in [0.1, 0.15) is 0 Å². The summed E-state index contributed by atoms with van der Waals surface area (Å²) in [6, 6.07) is 3.52. The quantitative estimate of drug-likeness (QED) is 0.726. The fraction of sp³-hybridized carbons (Fsp3) is 0.333. The fourth-order valence-electron chi connectivity index (χ4n) is 1.51. The topological polar surface area (TPSA) is 35.2 Å². The van der Waals surface area contributed by atoms with Gasteiger partial charge in [0.15, 0.2) is 0 Å². The Balaban J connectivity index is 2.58. The van der Waals surface area contributed by atoms with E-state index in [4.69, 9.17) is 33.7 Å². The molecule has 0 saturated heterocycles. The molecule has 0 aliphatic carbocycles. The number of rotatable bonds is 0. The highest BCUT2D eigenvalue weighted by Crippen LogP contribution is 2.34.